The molecular weight excluding hydrogens is 419 g/mol. The SMILES string of the molecule is NCCCNc1c2cc(OCCN3CCCCCC3)ccc2nc2c1oc1ccc(F)cc12. The zero-order valence-corrected chi connectivity index (χ0v) is 18.9. The van der Waals surface area contributed by atoms with E-state index >= 15 is 0 Å². The van der Waals surface area contributed by atoms with Gasteiger partial charge in [-0.25, -0.2) is 9.37 Å². The number of halogens is 1. The van der Waals surface area contributed by atoms with Crippen LogP contribution in [0.4, 0.5) is 10.1 Å². The van der Waals surface area contributed by atoms with Gasteiger partial charge < -0.3 is 20.2 Å². The molecule has 2 aromatic carbocycles. The summed E-state index contributed by atoms with van der Waals surface area (Å²) in [6.45, 7) is 5.20. The van der Waals surface area contributed by atoms with Crippen molar-refractivity contribution in [3.8, 4) is 5.75 Å². The number of benzene rings is 2. The third kappa shape index (κ3) is 4.75. The number of anilines is 1. The van der Waals surface area contributed by atoms with Crippen molar-refractivity contribution in [3.05, 3.63) is 42.2 Å². The van der Waals surface area contributed by atoms with Crippen LogP contribution in [0.2, 0.25) is 0 Å². The van der Waals surface area contributed by atoms with Crippen molar-refractivity contribution >= 4 is 38.7 Å². The van der Waals surface area contributed by atoms with Crippen molar-refractivity contribution in [2.45, 2.75) is 32.1 Å². The van der Waals surface area contributed by atoms with Crippen LogP contribution in [0.15, 0.2) is 40.8 Å². The topological polar surface area (TPSA) is 76.6 Å². The van der Waals surface area contributed by atoms with Gasteiger partial charge in [-0.05, 0) is 75.3 Å². The summed E-state index contributed by atoms with van der Waals surface area (Å²) in [4.78, 5) is 7.30. The highest BCUT2D eigenvalue weighted by atomic mass is 19.1. The molecule has 1 saturated heterocycles. The predicted molar refractivity (Wildman–Crippen MR) is 132 cm³/mol. The zero-order valence-electron chi connectivity index (χ0n) is 18.9. The molecule has 1 aliphatic heterocycles. The molecular formula is C26H31FN4O2. The van der Waals surface area contributed by atoms with Gasteiger partial charge in [0, 0.05) is 23.9 Å². The number of furan rings is 1. The molecule has 7 heteroatoms. The van der Waals surface area contributed by atoms with Crippen molar-refractivity contribution in [1.29, 1.82) is 0 Å². The molecule has 0 unspecified atom stereocenters. The average molecular weight is 451 g/mol. The van der Waals surface area contributed by atoms with Gasteiger partial charge in [-0.2, -0.15) is 0 Å². The largest absolute Gasteiger partial charge is 0.492 e. The fourth-order valence-electron chi connectivity index (χ4n) is 4.63. The van der Waals surface area contributed by atoms with Gasteiger partial charge >= 0.3 is 0 Å². The molecule has 0 bridgehead atoms. The van der Waals surface area contributed by atoms with Crippen LogP contribution in [0.3, 0.4) is 0 Å². The van der Waals surface area contributed by atoms with E-state index in [9.17, 15) is 4.39 Å². The molecule has 1 aliphatic rings. The number of nitrogens with one attached hydrogen (secondary N) is 1. The second kappa shape index (κ2) is 9.93. The highest BCUT2D eigenvalue weighted by Gasteiger charge is 2.17. The lowest BCUT2D eigenvalue weighted by atomic mass is 10.1. The number of nitrogens with zero attached hydrogens (tertiary/aromatic N) is 2. The second-order valence-corrected chi connectivity index (χ2v) is 8.76. The molecule has 0 saturated carbocycles. The Labute approximate surface area is 192 Å². The van der Waals surface area contributed by atoms with E-state index in [-0.39, 0.29) is 5.82 Å². The van der Waals surface area contributed by atoms with Crippen LogP contribution in [0.1, 0.15) is 32.1 Å². The quantitative estimate of drug-likeness (QED) is 0.355. The molecule has 3 heterocycles. The van der Waals surface area contributed by atoms with E-state index in [1.54, 1.807) is 6.07 Å². The van der Waals surface area contributed by atoms with Crippen LogP contribution in [0.5, 0.6) is 5.75 Å². The summed E-state index contributed by atoms with van der Waals surface area (Å²) < 4.78 is 26.2. The summed E-state index contributed by atoms with van der Waals surface area (Å²) in [5.74, 6) is 0.500. The van der Waals surface area contributed by atoms with E-state index in [0.29, 0.717) is 41.8 Å². The minimum absolute atomic E-state index is 0.308. The van der Waals surface area contributed by atoms with E-state index in [4.69, 9.17) is 19.9 Å². The Hall–Kier alpha value is -2.90. The van der Waals surface area contributed by atoms with Gasteiger partial charge in [0.05, 0.1) is 11.2 Å². The van der Waals surface area contributed by atoms with Gasteiger partial charge in [0.2, 0.25) is 0 Å². The van der Waals surface area contributed by atoms with Crippen molar-refractivity contribution in [2.24, 2.45) is 5.73 Å². The number of nitrogens with two attached hydrogens (primary N) is 1. The fraction of sp³-hybridized carbons (Fsp3) is 0.423. The average Bonchev–Trinajstić information content (AvgIpc) is 2.98. The highest BCUT2D eigenvalue weighted by molar-refractivity contribution is 6.14. The summed E-state index contributed by atoms with van der Waals surface area (Å²) in [5, 5.41) is 5.07. The zero-order chi connectivity index (χ0) is 22.6. The lowest BCUT2D eigenvalue weighted by Crippen LogP contribution is -2.29. The number of likely N-dealkylation sites (tertiary alicyclic amines) is 1. The van der Waals surface area contributed by atoms with Crippen LogP contribution >= 0.6 is 0 Å². The van der Waals surface area contributed by atoms with Gasteiger partial charge in [-0.1, -0.05) is 12.8 Å². The van der Waals surface area contributed by atoms with E-state index in [1.165, 1.54) is 37.8 Å². The first kappa shape index (κ1) is 21.9. The van der Waals surface area contributed by atoms with Gasteiger partial charge in [0.1, 0.15) is 29.3 Å². The number of rotatable bonds is 8. The first-order valence-corrected chi connectivity index (χ1v) is 12.0. The molecule has 33 heavy (non-hydrogen) atoms. The van der Waals surface area contributed by atoms with Crippen molar-refractivity contribution < 1.29 is 13.5 Å². The fourth-order valence-corrected chi connectivity index (χ4v) is 4.63. The standard InChI is InChI=1S/C26H31FN4O2/c27-18-6-9-23-21(16-18)25-26(33-23)24(29-11-5-10-28)20-17-19(7-8-22(20)30-25)32-15-14-31-12-3-1-2-4-13-31/h6-9,16-17H,1-5,10-15,28H2,(H,29,30). The van der Waals surface area contributed by atoms with Gasteiger partial charge in [0.25, 0.3) is 0 Å². The summed E-state index contributed by atoms with van der Waals surface area (Å²) in [7, 11) is 0. The Morgan fingerprint density at radius 3 is 2.73 bits per heavy atom. The number of ether oxygens (including phenoxy) is 1. The monoisotopic (exact) mass is 450 g/mol. The minimum Gasteiger partial charge on any atom is -0.492 e. The van der Waals surface area contributed by atoms with Crippen LogP contribution in [0, 0.1) is 5.82 Å². The summed E-state index contributed by atoms with van der Waals surface area (Å²) in [6, 6.07) is 10.5. The molecule has 6 nitrogen and oxygen atoms in total. The molecule has 0 aliphatic carbocycles. The van der Waals surface area contributed by atoms with E-state index in [1.807, 2.05) is 18.2 Å². The maximum absolute atomic E-state index is 13.9. The molecule has 0 atom stereocenters. The van der Waals surface area contributed by atoms with Crippen LogP contribution in [0.25, 0.3) is 33.0 Å². The minimum atomic E-state index is -0.308. The van der Waals surface area contributed by atoms with Gasteiger partial charge in [-0.15, -0.1) is 0 Å². The Morgan fingerprint density at radius 2 is 1.91 bits per heavy atom. The van der Waals surface area contributed by atoms with E-state index in [0.717, 1.165) is 48.4 Å². The maximum Gasteiger partial charge on any atom is 0.177 e. The first-order chi connectivity index (χ1) is 16.2. The summed E-state index contributed by atoms with van der Waals surface area (Å²) in [6.07, 6.45) is 6.04. The molecule has 0 radical (unpaired) electrons. The Kier molecular flexibility index (Phi) is 6.60. The predicted octanol–water partition coefficient (Wildman–Crippen LogP) is 5.29. The van der Waals surface area contributed by atoms with Crippen molar-refractivity contribution in [2.75, 3.05) is 44.6 Å². The lowest BCUT2D eigenvalue weighted by molar-refractivity contribution is 0.214. The third-order valence-electron chi connectivity index (χ3n) is 6.38. The molecule has 4 aromatic rings. The Morgan fingerprint density at radius 1 is 1.06 bits per heavy atom. The van der Waals surface area contributed by atoms with E-state index in [2.05, 4.69) is 10.2 Å². The Bertz CT molecular complexity index is 1250. The molecule has 174 valence electrons. The van der Waals surface area contributed by atoms with Gasteiger partial charge in [0.15, 0.2) is 5.58 Å². The number of hydrogen-bond acceptors (Lipinski definition) is 6. The molecule has 0 spiro atoms. The lowest BCUT2D eigenvalue weighted by Gasteiger charge is -2.19. The smallest absolute Gasteiger partial charge is 0.177 e. The van der Waals surface area contributed by atoms with Crippen molar-refractivity contribution in [1.82, 2.24) is 9.88 Å². The Balaban J connectivity index is 1.47. The normalized spacial score (nSPS) is 15.3. The number of pyridine rings is 1. The molecule has 3 N–H and O–H groups in total. The molecule has 1 fully saturated rings. The highest BCUT2D eigenvalue weighted by Crippen LogP contribution is 2.38. The molecule has 2 aromatic heterocycles. The van der Waals surface area contributed by atoms with Crippen LogP contribution in [-0.2, 0) is 0 Å². The second-order valence-electron chi connectivity index (χ2n) is 8.76. The maximum atomic E-state index is 13.9. The number of hydrogen-bond donors (Lipinski definition) is 2. The number of aromatic nitrogens is 1. The molecule has 0 amide bonds. The van der Waals surface area contributed by atoms with Crippen LogP contribution in [-0.4, -0.2) is 49.2 Å². The van der Waals surface area contributed by atoms with E-state index < -0.39 is 0 Å². The first-order valence-electron chi connectivity index (χ1n) is 12.0. The number of fused-ring (bicyclic) bond motifs is 4. The molecule has 5 rings (SSSR count). The summed E-state index contributed by atoms with van der Waals surface area (Å²) >= 11 is 0. The van der Waals surface area contributed by atoms with Crippen molar-refractivity contribution in [3.63, 3.8) is 0 Å². The van der Waals surface area contributed by atoms with Crippen LogP contribution < -0.4 is 15.8 Å². The van der Waals surface area contributed by atoms with Gasteiger partial charge in [-0.3, -0.25) is 4.90 Å². The summed E-state index contributed by atoms with van der Waals surface area (Å²) in [5.41, 5.74) is 9.26. The third-order valence-corrected chi connectivity index (χ3v) is 6.38.